The molecule has 0 aromatic rings. The second-order valence-electron chi connectivity index (χ2n) is 5.66. The Morgan fingerprint density at radius 2 is 2.25 bits per heavy atom. The first-order chi connectivity index (χ1) is 7.36. The van der Waals surface area contributed by atoms with E-state index in [1.807, 2.05) is 6.92 Å². The lowest BCUT2D eigenvalue weighted by molar-refractivity contribution is -0.114. The van der Waals surface area contributed by atoms with Crippen molar-refractivity contribution in [3.8, 4) is 0 Å². The SMILES string of the molecule is CCC(=O)/C=C/C(C)C1CC(C)=CC1(C)C. The van der Waals surface area contributed by atoms with E-state index in [0.717, 1.165) is 0 Å². The van der Waals surface area contributed by atoms with Crippen LogP contribution in [0.4, 0.5) is 0 Å². The molecule has 1 rings (SSSR count). The van der Waals surface area contributed by atoms with Gasteiger partial charge in [-0.05, 0) is 36.7 Å². The Hall–Kier alpha value is -0.850. The highest BCUT2D eigenvalue weighted by molar-refractivity contribution is 5.89. The van der Waals surface area contributed by atoms with Crippen molar-refractivity contribution in [3.05, 3.63) is 23.8 Å². The van der Waals surface area contributed by atoms with Gasteiger partial charge in [0.1, 0.15) is 0 Å². The molecule has 90 valence electrons. The zero-order chi connectivity index (χ0) is 12.3. The van der Waals surface area contributed by atoms with Crippen LogP contribution in [-0.4, -0.2) is 5.78 Å². The molecule has 0 amide bonds. The van der Waals surface area contributed by atoms with Gasteiger partial charge in [-0.2, -0.15) is 0 Å². The molecule has 0 radical (unpaired) electrons. The van der Waals surface area contributed by atoms with Crippen LogP contribution in [-0.2, 0) is 4.79 Å². The van der Waals surface area contributed by atoms with Gasteiger partial charge in [-0.15, -0.1) is 0 Å². The first-order valence-electron chi connectivity index (χ1n) is 6.26. The van der Waals surface area contributed by atoms with E-state index in [-0.39, 0.29) is 11.2 Å². The van der Waals surface area contributed by atoms with Crippen molar-refractivity contribution in [1.29, 1.82) is 0 Å². The van der Waals surface area contributed by atoms with Crippen LogP contribution in [0.1, 0.15) is 47.5 Å². The highest BCUT2D eigenvalue weighted by atomic mass is 16.1. The molecular weight excluding hydrogens is 196 g/mol. The fraction of sp³-hybridized carbons (Fsp3) is 0.667. The highest BCUT2D eigenvalue weighted by Gasteiger charge is 2.35. The molecule has 1 heteroatoms. The maximum atomic E-state index is 11.3. The number of ketones is 1. The molecule has 0 aromatic heterocycles. The fourth-order valence-electron chi connectivity index (χ4n) is 2.79. The Morgan fingerprint density at radius 1 is 1.62 bits per heavy atom. The van der Waals surface area contributed by atoms with Crippen molar-refractivity contribution in [3.63, 3.8) is 0 Å². The van der Waals surface area contributed by atoms with Crippen LogP contribution in [0.25, 0.3) is 0 Å². The van der Waals surface area contributed by atoms with Crippen molar-refractivity contribution < 1.29 is 4.79 Å². The standard InChI is InChI=1S/C15H24O/c1-6-13(16)8-7-12(3)14-9-11(2)10-15(14,4)5/h7-8,10,12,14H,6,9H2,1-5H3/b8-7+. The van der Waals surface area contributed by atoms with Gasteiger partial charge in [0.15, 0.2) is 5.78 Å². The third-order valence-corrected chi connectivity index (χ3v) is 3.68. The molecule has 0 saturated carbocycles. The Kier molecular flexibility index (Phi) is 4.12. The quantitative estimate of drug-likeness (QED) is 0.514. The lowest BCUT2D eigenvalue weighted by Crippen LogP contribution is -2.23. The van der Waals surface area contributed by atoms with Crippen LogP contribution in [0.3, 0.4) is 0 Å². The van der Waals surface area contributed by atoms with Gasteiger partial charge in [-0.1, -0.05) is 45.4 Å². The maximum absolute atomic E-state index is 11.3. The van der Waals surface area contributed by atoms with E-state index in [2.05, 4.69) is 39.8 Å². The van der Waals surface area contributed by atoms with Gasteiger partial charge in [0.2, 0.25) is 0 Å². The normalized spacial score (nSPS) is 25.8. The molecule has 0 aliphatic heterocycles. The summed E-state index contributed by atoms with van der Waals surface area (Å²) in [5.41, 5.74) is 1.75. The van der Waals surface area contributed by atoms with Crippen molar-refractivity contribution in [2.24, 2.45) is 17.3 Å². The minimum Gasteiger partial charge on any atom is -0.295 e. The van der Waals surface area contributed by atoms with Gasteiger partial charge in [-0.3, -0.25) is 4.79 Å². The van der Waals surface area contributed by atoms with E-state index >= 15 is 0 Å². The maximum Gasteiger partial charge on any atom is 0.155 e. The number of allylic oxidation sites excluding steroid dienone is 4. The predicted octanol–water partition coefficient (Wildman–Crippen LogP) is 4.15. The Balaban J connectivity index is 2.66. The minimum atomic E-state index is 0.229. The molecule has 0 aromatic carbocycles. The summed E-state index contributed by atoms with van der Waals surface area (Å²) in [6.45, 7) is 10.9. The van der Waals surface area contributed by atoms with Gasteiger partial charge in [-0.25, -0.2) is 0 Å². The van der Waals surface area contributed by atoms with E-state index in [4.69, 9.17) is 0 Å². The van der Waals surface area contributed by atoms with Crippen LogP contribution < -0.4 is 0 Å². The van der Waals surface area contributed by atoms with Crippen molar-refractivity contribution in [2.75, 3.05) is 0 Å². The topological polar surface area (TPSA) is 17.1 Å². The van der Waals surface area contributed by atoms with Gasteiger partial charge in [0, 0.05) is 6.42 Å². The molecule has 1 aliphatic carbocycles. The minimum absolute atomic E-state index is 0.229. The number of rotatable bonds is 4. The molecule has 2 atom stereocenters. The van der Waals surface area contributed by atoms with Gasteiger partial charge in [0.05, 0.1) is 0 Å². The van der Waals surface area contributed by atoms with Crippen LogP contribution in [0, 0.1) is 17.3 Å². The summed E-state index contributed by atoms with van der Waals surface area (Å²) in [6, 6.07) is 0. The average Bonchev–Trinajstić information content (AvgIpc) is 2.47. The third kappa shape index (κ3) is 3.07. The zero-order valence-corrected chi connectivity index (χ0v) is 11.2. The van der Waals surface area contributed by atoms with Gasteiger partial charge < -0.3 is 0 Å². The largest absolute Gasteiger partial charge is 0.295 e. The Bertz CT molecular complexity index is 320. The van der Waals surface area contributed by atoms with E-state index in [1.165, 1.54) is 12.0 Å². The Labute approximate surface area is 99.6 Å². The second-order valence-corrected chi connectivity index (χ2v) is 5.66. The third-order valence-electron chi connectivity index (χ3n) is 3.68. The highest BCUT2D eigenvalue weighted by Crippen LogP contribution is 2.45. The summed E-state index contributed by atoms with van der Waals surface area (Å²) < 4.78 is 0. The van der Waals surface area contributed by atoms with E-state index in [0.29, 0.717) is 18.3 Å². The van der Waals surface area contributed by atoms with Gasteiger partial charge in [0.25, 0.3) is 0 Å². The number of carbonyl (C=O) groups is 1. The molecule has 0 spiro atoms. The first-order valence-corrected chi connectivity index (χ1v) is 6.26. The zero-order valence-electron chi connectivity index (χ0n) is 11.2. The summed E-state index contributed by atoms with van der Waals surface area (Å²) in [5.74, 6) is 1.33. The first kappa shape index (κ1) is 13.2. The molecule has 1 nitrogen and oxygen atoms in total. The van der Waals surface area contributed by atoms with Crippen LogP contribution >= 0.6 is 0 Å². The second kappa shape index (κ2) is 4.99. The van der Waals surface area contributed by atoms with Crippen molar-refractivity contribution in [2.45, 2.75) is 47.5 Å². The molecule has 0 bridgehead atoms. The summed E-state index contributed by atoms with van der Waals surface area (Å²) >= 11 is 0. The summed E-state index contributed by atoms with van der Waals surface area (Å²) in [5, 5.41) is 0. The fourth-order valence-corrected chi connectivity index (χ4v) is 2.79. The summed E-state index contributed by atoms with van der Waals surface area (Å²) in [6.07, 6.45) is 8.00. The van der Waals surface area contributed by atoms with Crippen LogP contribution in [0.15, 0.2) is 23.8 Å². The van der Waals surface area contributed by atoms with Crippen LogP contribution in [0.5, 0.6) is 0 Å². The number of carbonyl (C=O) groups excluding carboxylic acids is 1. The lowest BCUT2D eigenvalue weighted by atomic mass is 9.74. The summed E-state index contributed by atoms with van der Waals surface area (Å²) in [7, 11) is 0. The molecule has 0 saturated heterocycles. The molecule has 0 fully saturated rings. The average molecular weight is 220 g/mol. The molecular formula is C15H24O. The van der Waals surface area contributed by atoms with Crippen molar-refractivity contribution in [1.82, 2.24) is 0 Å². The van der Waals surface area contributed by atoms with E-state index in [1.54, 1.807) is 6.08 Å². The predicted molar refractivity (Wildman–Crippen MR) is 69.2 cm³/mol. The molecule has 1 aliphatic rings. The monoisotopic (exact) mass is 220 g/mol. The molecule has 0 N–H and O–H groups in total. The number of hydrogen-bond acceptors (Lipinski definition) is 1. The van der Waals surface area contributed by atoms with E-state index in [9.17, 15) is 4.79 Å². The molecule has 0 heterocycles. The summed E-state index contributed by atoms with van der Waals surface area (Å²) in [4.78, 5) is 11.3. The van der Waals surface area contributed by atoms with Crippen LogP contribution in [0.2, 0.25) is 0 Å². The van der Waals surface area contributed by atoms with Gasteiger partial charge >= 0.3 is 0 Å². The van der Waals surface area contributed by atoms with E-state index < -0.39 is 0 Å². The number of hydrogen-bond donors (Lipinski definition) is 0. The molecule has 16 heavy (non-hydrogen) atoms. The Morgan fingerprint density at radius 3 is 2.69 bits per heavy atom. The smallest absolute Gasteiger partial charge is 0.155 e. The van der Waals surface area contributed by atoms with Crippen molar-refractivity contribution >= 4 is 5.78 Å². The lowest BCUT2D eigenvalue weighted by Gasteiger charge is -2.30. The molecule has 2 unspecified atom stereocenters.